The van der Waals surface area contributed by atoms with Crippen LogP contribution in [-0.2, 0) is 0 Å². The van der Waals surface area contributed by atoms with Crippen molar-refractivity contribution in [2.75, 3.05) is 20.2 Å². The van der Waals surface area contributed by atoms with Gasteiger partial charge in [0.2, 0.25) is 0 Å². The molecule has 0 bridgehead atoms. The zero-order chi connectivity index (χ0) is 13.8. The summed E-state index contributed by atoms with van der Waals surface area (Å²) < 4.78 is 5.51. The van der Waals surface area contributed by atoms with E-state index in [9.17, 15) is 0 Å². The molecule has 2 heterocycles. The van der Waals surface area contributed by atoms with Crippen molar-refractivity contribution in [3.63, 3.8) is 0 Å². The van der Waals surface area contributed by atoms with Crippen molar-refractivity contribution in [1.29, 1.82) is 0 Å². The summed E-state index contributed by atoms with van der Waals surface area (Å²) in [7, 11) is 1.70. The van der Waals surface area contributed by atoms with E-state index < -0.39 is 0 Å². The van der Waals surface area contributed by atoms with Gasteiger partial charge in [0, 0.05) is 12.1 Å². The van der Waals surface area contributed by atoms with Crippen molar-refractivity contribution < 1.29 is 4.74 Å². The van der Waals surface area contributed by atoms with Gasteiger partial charge in [0.1, 0.15) is 11.8 Å². The standard InChI is InChI=1S/C14H19N5O/c1-20-13-7-3-2-6-12(13)14(19-17-10-16-18-19)11-5-4-8-15-9-11/h2-3,6-7,10-11,14-15H,4-5,8-9H2,1H3/t11-,14+/m0/s1. The lowest BCUT2D eigenvalue weighted by molar-refractivity contribution is 0.255. The quantitative estimate of drug-likeness (QED) is 0.909. The molecule has 20 heavy (non-hydrogen) atoms. The molecule has 2 atom stereocenters. The third-order valence-corrected chi connectivity index (χ3v) is 3.85. The summed E-state index contributed by atoms with van der Waals surface area (Å²) in [5.74, 6) is 1.31. The van der Waals surface area contributed by atoms with Crippen LogP contribution in [0.4, 0.5) is 0 Å². The van der Waals surface area contributed by atoms with E-state index in [0.29, 0.717) is 5.92 Å². The van der Waals surface area contributed by atoms with Gasteiger partial charge in [0.25, 0.3) is 0 Å². The lowest BCUT2D eigenvalue weighted by Crippen LogP contribution is -2.36. The van der Waals surface area contributed by atoms with Gasteiger partial charge in [-0.15, -0.1) is 10.2 Å². The maximum Gasteiger partial charge on any atom is 0.162 e. The van der Waals surface area contributed by atoms with Gasteiger partial charge in [-0.05, 0) is 36.6 Å². The van der Waals surface area contributed by atoms with Crippen LogP contribution < -0.4 is 10.1 Å². The molecule has 0 unspecified atom stereocenters. The van der Waals surface area contributed by atoms with Gasteiger partial charge in [0.05, 0.1) is 7.11 Å². The lowest BCUT2D eigenvalue weighted by Gasteiger charge is -2.30. The third kappa shape index (κ3) is 2.51. The normalized spacial score (nSPS) is 20.6. The van der Waals surface area contributed by atoms with E-state index in [1.807, 2.05) is 18.2 Å². The van der Waals surface area contributed by atoms with Crippen LogP contribution >= 0.6 is 0 Å². The highest BCUT2D eigenvalue weighted by Crippen LogP contribution is 2.34. The van der Waals surface area contributed by atoms with Crippen LogP contribution in [0.1, 0.15) is 24.4 Å². The Morgan fingerprint density at radius 3 is 3.00 bits per heavy atom. The Morgan fingerprint density at radius 2 is 2.30 bits per heavy atom. The molecule has 1 fully saturated rings. The minimum Gasteiger partial charge on any atom is -0.496 e. The molecule has 3 rings (SSSR count). The molecule has 1 saturated heterocycles. The van der Waals surface area contributed by atoms with Crippen molar-refractivity contribution in [3.8, 4) is 5.75 Å². The molecule has 0 radical (unpaired) electrons. The van der Waals surface area contributed by atoms with Gasteiger partial charge in [0.15, 0.2) is 6.33 Å². The Labute approximate surface area is 118 Å². The fraction of sp³-hybridized carbons (Fsp3) is 0.500. The number of ether oxygens (including phenoxy) is 1. The first kappa shape index (κ1) is 13.1. The highest BCUT2D eigenvalue weighted by molar-refractivity contribution is 5.36. The second-order valence-corrected chi connectivity index (χ2v) is 5.05. The minimum atomic E-state index is 0.0569. The predicted molar refractivity (Wildman–Crippen MR) is 74.5 cm³/mol. The van der Waals surface area contributed by atoms with Crippen molar-refractivity contribution in [3.05, 3.63) is 36.2 Å². The zero-order valence-electron chi connectivity index (χ0n) is 11.6. The van der Waals surface area contributed by atoms with E-state index in [0.717, 1.165) is 30.8 Å². The summed E-state index contributed by atoms with van der Waals surface area (Å²) in [6.07, 6.45) is 3.81. The minimum absolute atomic E-state index is 0.0569. The maximum atomic E-state index is 5.51. The van der Waals surface area contributed by atoms with Crippen LogP contribution in [-0.4, -0.2) is 40.4 Å². The summed E-state index contributed by atoms with van der Waals surface area (Å²) in [5, 5.41) is 15.7. The van der Waals surface area contributed by atoms with Crippen molar-refractivity contribution in [2.24, 2.45) is 5.92 Å². The highest BCUT2D eigenvalue weighted by Gasteiger charge is 2.30. The summed E-state index contributed by atoms with van der Waals surface area (Å²) >= 11 is 0. The fourth-order valence-electron chi connectivity index (χ4n) is 2.93. The largest absolute Gasteiger partial charge is 0.496 e. The van der Waals surface area contributed by atoms with Crippen LogP contribution in [0.15, 0.2) is 30.6 Å². The molecule has 1 N–H and O–H groups in total. The summed E-state index contributed by atoms with van der Waals surface area (Å²) in [4.78, 5) is 1.70. The van der Waals surface area contributed by atoms with Gasteiger partial charge in [-0.3, -0.25) is 0 Å². The number of methoxy groups -OCH3 is 1. The van der Waals surface area contributed by atoms with Crippen LogP contribution in [0.5, 0.6) is 5.75 Å². The average Bonchev–Trinajstić information content (AvgIpc) is 3.03. The Bertz CT molecular complexity index is 536. The van der Waals surface area contributed by atoms with Gasteiger partial charge >= 0.3 is 0 Å². The Kier molecular flexibility index (Phi) is 3.92. The Balaban J connectivity index is 2.00. The summed E-state index contributed by atoms with van der Waals surface area (Å²) in [6.45, 7) is 2.05. The van der Waals surface area contributed by atoms with E-state index in [1.165, 1.54) is 12.7 Å². The van der Waals surface area contributed by atoms with E-state index >= 15 is 0 Å². The topological polar surface area (TPSA) is 64.9 Å². The molecule has 0 amide bonds. The molecular formula is C14H19N5O. The molecule has 1 aromatic carbocycles. The van der Waals surface area contributed by atoms with Crippen molar-refractivity contribution in [1.82, 2.24) is 25.5 Å². The SMILES string of the molecule is COc1ccccc1[C@@H]([C@H]1CCCNC1)n1ncnn1. The number of aromatic nitrogens is 4. The lowest BCUT2D eigenvalue weighted by atomic mass is 9.87. The van der Waals surface area contributed by atoms with Crippen molar-refractivity contribution >= 4 is 0 Å². The van der Waals surface area contributed by atoms with Crippen LogP contribution in [0.2, 0.25) is 0 Å². The fourth-order valence-corrected chi connectivity index (χ4v) is 2.93. The number of rotatable bonds is 4. The van der Waals surface area contributed by atoms with E-state index in [2.05, 4.69) is 26.8 Å². The first-order valence-corrected chi connectivity index (χ1v) is 6.96. The molecular weight excluding hydrogens is 254 g/mol. The number of para-hydroxylation sites is 1. The molecule has 106 valence electrons. The monoisotopic (exact) mass is 273 g/mol. The molecule has 1 aromatic heterocycles. The smallest absolute Gasteiger partial charge is 0.162 e. The first-order chi connectivity index (χ1) is 9.90. The van der Waals surface area contributed by atoms with Gasteiger partial charge in [-0.25, -0.2) is 0 Å². The number of nitrogens with zero attached hydrogens (tertiary/aromatic N) is 4. The van der Waals surface area contributed by atoms with Gasteiger partial charge in [-0.1, -0.05) is 18.2 Å². The number of hydrogen-bond donors (Lipinski definition) is 1. The molecule has 0 aliphatic carbocycles. The van der Waals surface area contributed by atoms with Crippen LogP contribution in [0.3, 0.4) is 0 Å². The Hall–Kier alpha value is -1.95. The molecule has 0 spiro atoms. The molecule has 2 aromatic rings. The summed E-state index contributed by atoms with van der Waals surface area (Å²) in [6, 6.07) is 8.13. The summed E-state index contributed by atoms with van der Waals surface area (Å²) in [5.41, 5.74) is 1.11. The second-order valence-electron chi connectivity index (χ2n) is 5.05. The second kappa shape index (κ2) is 6.00. The zero-order valence-corrected chi connectivity index (χ0v) is 11.6. The van der Waals surface area contributed by atoms with E-state index in [1.54, 1.807) is 11.9 Å². The maximum absolute atomic E-state index is 5.51. The predicted octanol–water partition coefficient (Wildman–Crippen LogP) is 1.27. The van der Waals surface area contributed by atoms with Crippen LogP contribution in [0, 0.1) is 5.92 Å². The average molecular weight is 273 g/mol. The number of piperidine rings is 1. The molecule has 1 aliphatic heterocycles. The van der Waals surface area contributed by atoms with E-state index in [-0.39, 0.29) is 6.04 Å². The molecule has 6 nitrogen and oxygen atoms in total. The molecule has 1 aliphatic rings. The Morgan fingerprint density at radius 1 is 1.40 bits per heavy atom. The van der Waals surface area contributed by atoms with Crippen molar-refractivity contribution in [2.45, 2.75) is 18.9 Å². The van der Waals surface area contributed by atoms with Gasteiger partial charge in [-0.2, -0.15) is 4.80 Å². The van der Waals surface area contributed by atoms with Gasteiger partial charge < -0.3 is 10.1 Å². The number of hydrogen-bond acceptors (Lipinski definition) is 5. The molecule has 6 heteroatoms. The number of benzene rings is 1. The highest BCUT2D eigenvalue weighted by atomic mass is 16.5. The number of nitrogens with one attached hydrogen (secondary N) is 1. The molecule has 0 saturated carbocycles. The number of tetrazole rings is 1. The first-order valence-electron chi connectivity index (χ1n) is 6.96. The van der Waals surface area contributed by atoms with Crippen LogP contribution in [0.25, 0.3) is 0 Å². The van der Waals surface area contributed by atoms with E-state index in [4.69, 9.17) is 4.74 Å². The third-order valence-electron chi connectivity index (χ3n) is 3.85.